The van der Waals surface area contributed by atoms with E-state index in [0.29, 0.717) is 6.42 Å². The van der Waals surface area contributed by atoms with Crippen molar-refractivity contribution in [2.75, 3.05) is 6.54 Å². The van der Waals surface area contributed by atoms with Gasteiger partial charge in [-0.3, -0.25) is 14.5 Å². The first-order valence-electron chi connectivity index (χ1n) is 9.00. The van der Waals surface area contributed by atoms with Crippen molar-refractivity contribution in [2.45, 2.75) is 57.5 Å². The van der Waals surface area contributed by atoms with Gasteiger partial charge in [-0.25, -0.2) is 4.79 Å². The standard InChI is InChI=1S/C19H25N3O3/c1-3-13(2)20-16(23)12-22-17(24)19(21-18(22)25)11-7-6-9-14-8-4-5-10-15(14)19/h4-5,8,10,13H,3,6-7,9,11-12H2,1-2H3,(H,20,23)(H,21,25). The molecule has 1 aliphatic carbocycles. The molecule has 2 atom stereocenters. The fourth-order valence-corrected chi connectivity index (χ4v) is 3.68. The normalized spacial score (nSPS) is 23.8. The Kier molecular flexibility index (Phi) is 4.79. The minimum Gasteiger partial charge on any atom is -0.352 e. The predicted octanol–water partition coefficient (Wildman–Crippen LogP) is 2.07. The molecule has 2 aliphatic rings. The number of carbonyl (C=O) groups excluding carboxylic acids is 3. The van der Waals surface area contributed by atoms with Crippen LogP contribution in [0.1, 0.15) is 50.7 Å². The van der Waals surface area contributed by atoms with E-state index in [1.165, 1.54) is 0 Å². The zero-order valence-electron chi connectivity index (χ0n) is 14.8. The number of nitrogens with one attached hydrogen (secondary N) is 2. The van der Waals surface area contributed by atoms with Crippen molar-refractivity contribution in [3.05, 3.63) is 35.4 Å². The van der Waals surface area contributed by atoms with E-state index >= 15 is 0 Å². The Morgan fingerprint density at radius 1 is 1.32 bits per heavy atom. The first kappa shape index (κ1) is 17.5. The van der Waals surface area contributed by atoms with Crippen LogP contribution < -0.4 is 10.6 Å². The molecule has 1 aliphatic heterocycles. The van der Waals surface area contributed by atoms with Crippen molar-refractivity contribution in [1.29, 1.82) is 0 Å². The lowest BCUT2D eigenvalue weighted by Crippen LogP contribution is -2.46. The molecule has 0 radical (unpaired) electrons. The van der Waals surface area contributed by atoms with Crippen LogP contribution in [-0.2, 0) is 21.5 Å². The van der Waals surface area contributed by atoms with Crippen LogP contribution in [0.15, 0.2) is 24.3 Å². The molecule has 1 saturated heterocycles. The molecular formula is C19H25N3O3. The number of urea groups is 1. The second kappa shape index (κ2) is 6.86. The molecule has 1 spiro atoms. The summed E-state index contributed by atoms with van der Waals surface area (Å²) in [6.07, 6.45) is 4.10. The van der Waals surface area contributed by atoms with E-state index < -0.39 is 11.6 Å². The second-order valence-electron chi connectivity index (χ2n) is 6.97. The van der Waals surface area contributed by atoms with Gasteiger partial charge in [0.05, 0.1) is 0 Å². The SMILES string of the molecule is CCC(C)NC(=O)CN1C(=O)NC2(CCCCc3ccccc32)C1=O. The minimum absolute atomic E-state index is 0.0147. The molecule has 1 aromatic carbocycles. The van der Waals surface area contributed by atoms with Crippen LogP contribution in [0.4, 0.5) is 4.79 Å². The molecule has 3 rings (SSSR count). The third kappa shape index (κ3) is 3.13. The zero-order chi connectivity index (χ0) is 18.0. The van der Waals surface area contributed by atoms with Crippen LogP contribution in [0.2, 0.25) is 0 Å². The van der Waals surface area contributed by atoms with Crippen LogP contribution in [0.3, 0.4) is 0 Å². The molecule has 1 fully saturated rings. The van der Waals surface area contributed by atoms with E-state index in [1.807, 2.05) is 38.1 Å². The number of rotatable bonds is 4. The molecule has 0 bridgehead atoms. The van der Waals surface area contributed by atoms with Crippen molar-refractivity contribution in [1.82, 2.24) is 15.5 Å². The molecule has 134 valence electrons. The van der Waals surface area contributed by atoms with Crippen molar-refractivity contribution in [3.8, 4) is 0 Å². The largest absolute Gasteiger partial charge is 0.352 e. The fraction of sp³-hybridized carbons (Fsp3) is 0.526. The van der Waals surface area contributed by atoms with Gasteiger partial charge >= 0.3 is 6.03 Å². The van der Waals surface area contributed by atoms with E-state index in [9.17, 15) is 14.4 Å². The van der Waals surface area contributed by atoms with Gasteiger partial charge in [0.15, 0.2) is 0 Å². The molecule has 6 heteroatoms. The number of carbonyl (C=O) groups is 3. The van der Waals surface area contributed by atoms with Crippen LogP contribution in [-0.4, -0.2) is 35.3 Å². The third-order valence-electron chi connectivity index (χ3n) is 5.22. The van der Waals surface area contributed by atoms with Gasteiger partial charge in [0.1, 0.15) is 12.1 Å². The number of hydrogen-bond donors (Lipinski definition) is 2. The molecule has 2 unspecified atom stereocenters. The molecule has 6 nitrogen and oxygen atoms in total. The maximum Gasteiger partial charge on any atom is 0.325 e. The first-order valence-corrected chi connectivity index (χ1v) is 9.00. The number of imide groups is 1. The highest BCUT2D eigenvalue weighted by molar-refractivity contribution is 6.09. The summed E-state index contributed by atoms with van der Waals surface area (Å²) in [5.41, 5.74) is 0.941. The highest BCUT2D eigenvalue weighted by Gasteiger charge is 2.53. The lowest BCUT2D eigenvalue weighted by Gasteiger charge is -2.27. The summed E-state index contributed by atoms with van der Waals surface area (Å²) in [6, 6.07) is 7.31. The summed E-state index contributed by atoms with van der Waals surface area (Å²) >= 11 is 0. The molecule has 0 aromatic heterocycles. The molecular weight excluding hydrogens is 318 g/mol. The van der Waals surface area contributed by atoms with Gasteiger partial charge in [-0.2, -0.15) is 0 Å². The van der Waals surface area contributed by atoms with Gasteiger partial charge in [0, 0.05) is 6.04 Å². The Morgan fingerprint density at radius 2 is 2.08 bits per heavy atom. The number of hydrogen-bond acceptors (Lipinski definition) is 3. The number of amides is 4. The van der Waals surface area contributed by atoms with E-state index in [1.54, 1.807) is 0 Å². The first-order chi connectivity index (χ1) is 12.0. The van der Waals surface area contributed by atoms with Crippen molar-refractivity contribution in [2.24, 2.45) is 0 Å². The van der Waals surface area contributed by atoms with Gasteiger partial charge in [-0.05, 0) is 50.2 Å². The van der Waals surface area contributed by atoms with Crippen LogP contribution in [0.5, 0.6) is 0 Å². The Labute approximate surface area is 148 Å². The molecule has 0 saturated carbocycles. The zero-order valence-corrected chi connectivity index (χ0v) is 14.8. The average Bonchev–Trinajstić information content (AvgIpc) is 2.75. The Morgan fingerprint density at radius 3 is 2.84 bits per heavy atom. The summed E-state index contributed by atoms with van der Waals surface area (Å²) < 4.78 is 0. The maximum absolute atomic E-state index is 13.2. The second-order valence-corrected chi connectivity index (χ2v) is 6.97. The predicted molar refractivity (Wildman–Crippen MR) is 93.8 cm³/mol. The van der Waals surface area contributed by atoms with Crippen molar-refractivity contribution >= 4 is 17.8 Å². The number of fused-ring (bicyclic) bond motifs is 2. The number of benzene rings is 1. The van der Waals surface area contributed by atoms with Gasteiger partial charge in [0.25, 0.3) is 5.91 Å². The Hall–Kier alpha value is -2.37. The molecule has 2 N–H and O–H groups in total. The molecule has 1 aromatic rings. The molecule has 1 heterocycles. The summed E-state index contributed by atoms with van der Waals surface area (Å²) in [6.45, 7) is 3.63. The third-order valence-corrected chi connectivity index (χ3v) is 5.22. The van der Waals surface area contributed by atoms with E-state index in [0.717, 1.165) is 41.7 Å². The van der Waals surface area contributed by atoms with E-state index in [2.05, 4.69) is 10.6 Å². The average molecular weight is 343 g/mol. The lowest BCUT2D eigenvalue weighted by molar-refractivity contribution is -0.135. The number of aryl methyl sites for hydroxylation is 1. The van der Waals surface area contributed by atoms with E-state index in [4.69, 9.17) is 0 Å². The summed E-state index contributed by atoms with van der Waals surface area (Å²) in [4.78, 5) is 38.9. The highest BCUT2D eigenvalue weighted by atomic mass is 16.2. The molecule has 4 amide bonds. The maximum atomic E-state index is 13.2. The summed E-state index contributed by atoms with van der Waals surface area (Å²) in [7, 11) is 0. The van der Waals surface area contributed by atoms with E-state index in [-0.39, 0.29) is 24.4 Å². The fourth-order valence-electron chi connectivity index (χ4n) is 3.68. The quantitative estimate of drug-likeness (QED) is 0.822. The van der Waals surface area contributed by atoms with Crippen molar-refractivity contribution in [3.63, 3.8) is 0 Å². The number of nitrogens with zero attached hydrogens (tertiary/aromatic N) is 1. The summed E-state index contributed by atoms with van der Waals surface area (Å²) in [5, 5.41) is 5.70. The Balaban J connectivity index is 1.87. The smallest absolute Gasteiger partial charge is 0.325 e. The van der Waals surface area contributed by atoms with Crippen LogP contribution in [0, 0.1) is 0 Å². The van der Waals surface area contributed by atoms with Crippen LogP contribution in [0.25, 0.3) is 0 Å². The monoisotopic (exact) mass is 343 g/mol. The van der Waals surface area contributed by atoms with Gasteiger partial charge in [0.2, 0.25) is 5.91 Å². The Bertz CT molecular complexity index is 703. The highest BCUT2D eigenvalue weighted by Crippen LogP contribution is 2.38. The van der Waals surface area contributed by atoms with Crippen LogP contribution >= 0.6 is 0 Å². The van der Waals surface area contributed by atoms with Gasteiger partial charge in [-0.1, -0.05) is 31.2 Å². The minimum atomic E-state index is -1.03. The van der Waals surface area contributed by atoms with Crippen molar-refractivity contribution < 1.29 is 14.4 Å². The molecule has 25 heavy (non-hydrogen) atoms. The van der Waals surface area contributed by atoms with Gasteiger partial charge in [-0.15, -0.1) is 0 Å². The lowest BCUT2D eigenvalue weighted by atomic mass is 9.84. The topological polar surface area (TPSA) is 78.5 Å². The van der Waals surface area contributed by atoms with Gasteiger partial charge < -0.3 is 10.6 Å². The summed E-state index contributed by atoms with van der Waals surface area (Å²) in [5.74, 6) is -0.622.